The van der Waals surface area contributed by atoms with Crippen LogP contribution in [0.25, 0.3) is 0 Å². The number of likely N-dealkylation sites (tertiary alicyclic amines) is 2. The first-order valence-electron chi connectivity index (χ1n) is 15.8. The number of amides is 6. The Labute approximate surface area is 253 Å². The molecule has 0 bridgehead atoms. The molecule has 5 N–H and O–H groups in total. The second-order valence-electron chi connectivity index (χ2n) is 15.1. The van der Waals surface area contributed by atoms with Crippen molar-refractivity contribution < 1.29 is 28.8 Å². The lowest BCUT2D eigenvalue weighted by Gasteiger charge is -2.37. The SMILES string of the molecule is C[C@H](NC(=O)N[C@H](C(=O)N1C[C@@H]2C3C(C)(C)C32[C@H]1C(=O)NC(CC1CC1)C(=O)C(N)=O)C(C)(C)C)C(=O)N1CCCCC1. The highest BCUT2D eigenvalue weighted by Gasteiger charge is 2.97. The van der Waals surface area contributed by atoms with E-state index in [0.29, 0.717) is 32.0 Å². The van der Waals surface area contributed by atoms with E-state index >= 15 is 0 Å². The third-order valence-corrected chi connectivity index (χ3v) is 10.8. The minimum atomic E-state index is -1.09. The number of carbonyl (C=O) groups excluding carboxylic acids is 6. The number of nitrogens with one attached hydrogen (secondary N) is 3. The largest absolute Gasteiger partial charge is 0.363 e. The molecule has 3 saturated carbocycles. The summed E-state index contributed by atoms with van der Waals surface area (Å²) >= 11 is 0. The van der Waals surface area contributed by atoms with Crippen LogP contribution in [-0.2, 0) is 24.0 Å². The molecule has 0 radical (unpaired) electrons. The number of hydrogen-bond donors (Lipinski definition) is 4. The molecule has 238 valence electrons. The highest BCUT2D eigenvalue weighted by atomic mass is 16.2. The van der Waals surface area contributed by atoms with Crippen LogP contribution in [-0.4, -0.2) is 89.0 Å². The summed E-state index contributed by atoms with van der Waals surface area (Å²) in [5.41, 5.74) is 4.04. The van der Waals surface area contributed by atoms with Gasteiger partial charge >= 0.3 is 6.03 Å². The quantitative estimate of drug-likeness (QED) is 0.272. The van der Waals surface area contributed by atoms with Crippen molar-refractivity contribution in [3.8, 4) is 0 Å². The van der Waals surface area contributed by atoms with E-state index in [1.54, 1.807) is 16.7 Å². The molecule has 2 aliphatic heterocycles. The molecule has 0 aromatic heterocycles. The van der Waals surface area contributed by atoms with Crippen LogP contribution in [0.15, 0.2) is 0 Å². The zero-order chi connectivity index (χ0) is 31.6. The van der Waals surface area contributed by atoms with Gasteiger partial charge in [0.15, 0.2) is 0 Å². The number of nitrogens with zero attached hydrogens (tertiary/aromatic N) is 2. The van der Waals surface area contributed by atoms with E-state index in [-0.39, 0.29) is 29.1 Å². The second kappa shape index (κ2) is 10.8. The van der Waals surface area contributed by atoms with Crippen molar-refractivity contribution in [2.24, 2.45) is 39.7 Å². The van der Waals surface area contributed by atoms with Gasteiger partial charge in [0, 0.05) is 25.0 Å². The fraction of sp³-hybridized carbons (Fsp3) is 0.806. The van der Waals surface area contributed by atoms with Crippen molar-refractivity contribution in [3.05, 3.63) is 0 Å². The van der Waals surface area contributed by atoms with Gasteiger partial charge in [0.1, 0.15) is 18.1 Å². The predicted octanol–water partition coefficient (Wildman–Crippen LogP) is 0.924. The van der Waals surface area contributed by atoms with Crippen molar-refractivity contribution in [3.63, 3.8) is 0 Å². The van der Waals surface area contributed by atoms with Crippen LogP contribution >= 0.6 is 0 Å². The molecule has 5 rings (SSSR count). The van der Waals surface area contributed by atoms with Gasteiger partial charge in [-0.15, -0.1) is 0 Å². The van der Waals surface area contributed by atoms with Crippen LogP contribution in [0, 0.1) is 34.0 Å². The maximum absolute atomic E-state index is 14.3. The molecule has 12 heteroatoms. The second-order valence-corrected chi connectivity index (χ2v) is 15.1. The number of fused-ring (bicyclic) bond motifs is 1. The van der Waals surface area contributed by atoms with Crippen LogP contribution in [0.1, 0.15) is 80.1 Å². The Hall–Kier alpha value is -3.18. The zero-order valence-corrected chi connectivity index (χ0v) is 26.3. The van der Waals surface area contributed by atoms with Gasteiger partial charge in [0.2, 0.25) is 23.5 Å². The van der Waals surface area contributed by atoms with Crippen LogP contribution in [0.3, 0.4) is 0 Å². The molecule has 0 aromatic carbocycles. The van der Waals surface area contributed by atoms with E-state index in [1.165, 1.54) is 0 Å². The first-order valence-corrected chi connectivity index (χ1v) is 15.8. The standard InChI is InChI=1S/C31H48N6O6/c1-16(26(41)36-12-8-7-9-13-36)33-28(43)35-22(29(2,3)4)27(42)37-15-18-21-30(5,6)31(18,21)23(37)25(40)34-19(14-17-10-11-17)20(38)24(32)39/h16-19,21-23H,7-15H2,1-6H3,(H2,32,39)(H,34,40)(H2,33,35,43)/t16-,18+,19?,21?,22+,23+,31?/m0/s1. The number of hydrogen-bond acceptors (Lipinski definition) is 6. The number of ketones is 1. The van der Waals surface area contributed by atoms with Crippen LogP contribution in [0.5, 0.6) is 0 Å². The molecule has 5 fully saturated rings. The summed E-state index contributed by atoms with van der Waals surface area (Å²) < 4.78 is 0. The molecule has 3 aliphatic carbocycles. The maximum Gasteiger partial charge on any atom is 0.316 e. The fourth-order valence-electron chi connectivity index (χ4n) is 8.35. The highest BCUT2D eigenvalue weighted by molar-refractivity contribution is 6.37. The third-order valence-electron chi connectivity index (χ3n) is 10.8. The number of primary amides is 1. The normalized spacial score (nSPS) is 30.6. The van der Waals surface area contributed by atoms with Crippen molar-refractivity contribution in [1.29, 1.82) is 0 Å². The van der Waals surface area contributed by atoms with Crippen LogP contribution in [0.4, 0.5) is 4.79 Å². The molecule has 2 saturated heterocycles. The van der Waals surface area contributed by atoms with Gasteiger partial charge in [-0.3, -0.25) is 24.0 Å². The van der Waals surface area contributed by atoms with Gasteiger partial charge in [-0.1, -0.05) is 47.5 Å². The minimum absolute atomic E-state index is 0.152. The van der Waals surface area contributed by atoms with Crippen LogP contribution in [0.2, 0.25) is 0 Å². The molecule has 0 aromatic rings. The summed E-state index contributed by atoms with van der Waals surface area (Å²) in [6, 6.07) is -4.23. The molecule has 12 nitrogen and oxygen atoms in total. The Balaban J connectivity index is 1.32. The zero-order valence-electron chi connectivity index (χ0n) is 26.3. The Bertz CT molecular complexity index is 1220. The van der Waals surface area contributed by atoms with Crippen molar-refractivity contribution in [1.82, 2.24) is 25.8 Å². The minimum Gasteiger partial charge on any atom is -0.363 e. The lowest BCUT2D eigenvalue weighted by molar-refractivity contribution is -0.145. The fourth-order valence-corrected chi connectivity index (χ4v) is 8.35. The average Bonchev–Trinajstić information content (AvgIpc) is 3.89. The highest BCUT2D eigenvalue weighted by Crippen LogP contribution is 2.95. The van der Waals surface area contributed by atoms with Gasteiger partial charge in [0.05, 0.1) is 6.04 Å². The Morgan fingerprint density at radius 3 is 2.09 bits per heavy atom. The first kappa shape index (κ1) is 31.3. The summed E-state index contributed by atoms with van der Waals surface area (Å²) in [5, 5.41) is 8.32. The molecule has 1 spiro atoms. The number of nitrogens with two attached hydrogens (primary N) is 1. The molecule has 3 unspecified atom stereocenters. The average molecular weight is 601 g/mol. The first-order chi connectivity index (χ1) is 20.0. The molecular formula is C31H48N6O6. The van der Waals surface area contributed by atoms with E-state index in [4.69, 9.17) is 5.73 Å². The summed E-state index contributed by atoms with van der Waals surface area (Å²) in [7, 11) is 0. The monoisotopic (exact) mass is 600 g/mol. The maximum atomic E-state index is 14.3. The van der Waals surface area contributed by atoms with Gasteiger partial charge in [0.25, 0.3) is 5.91 Å². The number of carbonyl (C=O) groups is 6. The van der Waals surface area contributed by atoms with E-state index in [1.807, 2.05) is 20.8 Å². The molecule has 7 atom stereocenters. The molecule has 2 heterocycles. The van der Waals surface area contributed by atoms with E-state index < -0.39 is 58.6 Å². The molecule has 5 aliphatic rings. The topological polar surface area (TPSA) is 171 Å². The van der Waals surface area contributed by atoms with Crippen molar-refractivity contribution in [2.75, 3.05) is 19.6 Å². The molecular weight excluding hydrogens is 552 g/mol. The third kappa shape index (κ3) is 5.39. The number of urea groups is 1. The summed E-state index contributed by atoms with van der Waals surface area (Å²) in [6.07, 6.45) is 5.16. The number of piperidine rings is 2. The van der Waals surface area contributed by atoms with E-state index in [0.717, 1.165) is 32.1 Å². The van der Waals surface area contributed by atoms with Crippen molar-refractivity contribution >= 4 is 35.4 Å². The Morgan fingerprint density at radius 2 is 1.56 bits per heavy atom. The predicted molar refractivity (Wildman–Crippen MR) is 157 cm³/mol. The number of Topliss-reactive ketones (excluding diaryl/α,β-unsaturated/α-hetero) is 1. The smallest absolute Gasteiger partial charge is 0.316 e. The Kier molecular flexibility index (Phi) is 7.82. The van der Waals surface area contributed by atoms with Crippen LogP contribution < -0.4 is 21.7 Å². The van der Waals surface area contributed by atoms with E-state index in [2.05, 4.69) is 29.8 Å². The lowest BCUT2D eigenvalue weighted by Crippen LogP contribution is -2.62. The lowest BCUT2D eigenvalue weighted by atomic mass is 9.83. The van der Waals surface area contributed by atoms with E-state index in [9.17, 15) is 28.8 Å². The van der Waals surface area contributed by atoms with Gasteiger partial charge in [-0.05, 0) is 61.2 Å². The van der Waals surface area contributed by atoms with Gasteiger partial charge in [-0.2, -0.15) is 0 Å². The Morgan fingerprint density at radius 1 is 0.930 bits per heavy atom. The summed E-state index contributed by atoms with van der Waals surface area (Å²) in [6.45, 7) is 13.0. The van der Waals surface area contributed by atoms with Gasteiger partial charge in [-0.25, -0.2) is 4.79 Å². The van der Waals surface area contributed by atoms with Gasteiger partial charge < -0.3 is 31.5 Å². The van der Waals surface area contributed by atoms with Crippen molar-refractivity contribution in [2.45, 2.75) is 104 Å². The number of rotatable bonds is 10. The molecule has 6 amide bonds. The molecule has 43 heavy (non-hydrogen) atoms. The summed E-state index contributed by atoms with van der Waals surface area (Å²) in [5.74, 6) is -2.21. The summed E-state index contributed by atoms with van der Waals surface area (Å²) in [4.78, 5) is 82.0.